The maximum atomic E-state index is 11.6. The highest BCUT2D eigenvalue weighted by Gasteiger charge is 2.21. The highest BCUT2D eigenvalue weighted by Crippen LogP contribution is 2.18. The summed E-state index contributed by atoms with van der Waals surface area (Å²) >= 11 is 0. The van der Waals surface area contributed by atoms with E-state index in [1.165, 1.54) is 0 Å². The summed E-state index contributed by atoms with van der Waals surface area (Å²) in [5.74, 6) is 0.176. The third-order valence-corrected chi connectivity index (χ3v) is 1.65. The molecule has 0 spiro atoms. The summed E-state index contributed by atoms with van der Waals surface area (Å²) < 4.78 is 0. The number of hydrogen-bond acceptors (Lipinski definition) is 2. The van der Waals surface area contributed by atoms with Crippen LogP contribution in [0, 0.1) is 5.41 Å². The Morgan fingerprint density at radius 3 is 2.31 bits per heavy atom. The first kappa shape index (κ1) is 12.1. The fourth-order valence-electron chi connectivity index (χ4n) is 0.937. The lowest BCUT2D eigenvalue weighted by Crippen LogP contribution is -2.20. The van der Waals surface area contributed by atoms with Gasteiger partial charge in [0, 0.05) is 18.2 Å². The largest absolute Gasteiger partial charge is 0.294 e. The van der Waals surface area contributed by atoms with E-state index in [-0.39, 0.29) is 11.2 Å². The molecule has 0 unspecified atom stereocenters. The molecule has 0 N–H and O–H groups in total. The second-order valence-electron chi connectivity index (χ2n) is 4.08. The molecule has 2 heteroatoms. The zero-order chi connectivity index (χ0) is 10.5. The SMILES string of the molecule is CCN=C/C=C(\C)C(=O)C(C)(C)C. The Balaban J connectivity index is 4.43. The Hall–Kier alpha value is -0.920. The van der Waals surface area contributed by atoms with E-state index in [9.17, 15) is 4.79 Å². The van der Waals surface area contributed by atoms with Crippen LogP contribution < -0.4 is 0 Å². The van der Waals surface area contributed by atoms with Crippen molar-refractivity contribution in [3.8, 4) is 0 Å². The summed E-state index contributed by atoms with van der Waals surface area (Å²) in [7, 11) is 0. The fourth-order valence-corrected chi connectivity index (χ4v) is 0.937. The second kappa shape index (κ2) is 4.95. The zero-order valence-electron chi connectivity index (χ0n) is 9.22. The van der Waals surface area contributed by atoms with E-state index >= 15 is 0 Å². The van der Waals surface area contributed by atoms with Crippen LogP contribution in [0.1, 0.15) is 34.6 Å². The zero-order valence-corrected chi connectivity index (χ0v) is 9.22. The highest BCUT2D eigenvalue weighted by molar-refractivity contribution is 6.01. The quantitative estimate of drug-likeness (QED) is 0.486. The molecule has 0 aromatic carbocycles. The van der Waals surface area contributed by atoms with Gasteiger partial charge < -0.3 is 0 Å². The van der Waals surface area contributed by atoms with E-state index in [0.717, 1.165) is 12.1 Å². The molecule has 0 bridgehead atoms. The molecule has 0 aliphatic carbocycles. The van der Waals surface area contributed by atoms with Crippen LogP contribution in [0.2, 0.25) is 0 Å². The van der Waals surface area contributed by atoms with Crippen molar-refractivity contribution in [2.75, 3.05) is 6.54 Å². The number of carbonyl (C=O) groups is 1. The van der Waals surface area contributed by atoms with Crippen molar-refractivity contribution in [3.63, 3.8) is 0 Å². The van der Waals surface area contributed by atoms with Gasteiger partial charge in [-0.3, -0.25) is 9.79 Å². The van der Waals surface area contributed by atoms with Crippen LogP contribution in [-0.2, 0) is 4.79 Å². The van der Waals surface area contributed by atoms with Crippen molar-refractivity contribution in [3.05, 3.63) is 11.6 Å². The predicted octanol–water partition coefficient (Wildman–Crippen LogP) is 2.64. The van der Waals surface area contributed by atoms with Gasteiger partial charge in [0.15, 0.2) is 5.78 Å². The number of allylic oxidation sites excluding steroid dienone is 2. The summed E-state index contributed by atoms with van der Waals surface area (Å²) in [4.78, 5) is 15.7. The van der Waals surface area contributed by atoms with Crippen LogP contribution in [0.25, 0.3) is 0 Å². The maximum Gasteiger partial charge on any atom is 0.163 e. The van der Waals surface area contributed by atoms with Gasteiger partial charge in [-0.2, -0.15) is 0 Å². The maximum absolute atomic E-state index is 11.6. The molecule has 0 aliphatic heterocycles. The number of ketones is 1. The molecular formula is C11H19NO. The van der Waals surface area contributed by atoms with Gasteiger partial charge in [0.25, 0.3) is 0 Å². The van der Waals surface area contributed by atoms with E-state index in [1.54, 1.807) is 12.3 Å². The number of rotatable bonds is 3. The highest BCUT2D eigenvalue weighted by atomic mass is 16.1. The molecule has 74 valence electrons. The lowest BCUT2D eigenvalue weighted by atomic mass is 9.87. The average molecular weight is 181 g/mol. The van der Waals surface area contributed by atoms with Gasteiger partial charge >= 0.3 is 0 Å². The predicted molar refractivity (Wildman–Crippen MR) is 57.3 cm³/mol. The lowest BCUT2D eigenvalue weighted by molar-refractivity contribution is -0.122. The van der Waals surface area contributed by atoms with Crippen molar-refractivity contribution in [2.45, 2.75) is 34.6 Å². The number of carbonyl (C=O) groups excluding carboxylic acids is 1. The van der Waals surface area contributed by atoms with Crippen LogP contribution in [0.3, 0.4) is 0 Å². The number of Topliss-reactive ketones (excluding diaryl/α,β-unsaturated/α-hetero) is 1. The minimum absolute atomic E-state index is 0.176. The molecular weight excluding hydrogens is 162 g/mol. The van der Waals surface area contributed by atoms with Crippen molar-refractivity contribution >= 4 is 12.0 Å². The average Bonchev–Trinajstić information content (AvgIpc) is 2.01. The molecule has 0 aromatic heterocycles. The van der Waals surface area contributed by atoms with Crippen molar-refractivity contribution in [2.24, 2.45) is 10.4 Å². The van der Waals surface area contributed by atoms with E-state index in [4.69, 9.17) is 0 Å². The number of nitrogens with zero attached hydrogens (tertiary/aromatic N) is 1. The van der Waals surface area contributed by atoms with E-state index in [2.05, 4.69) is 4.99 Å². The van der Waals surface area contributed by atoms with Crippen LogP contribution in [0.15, 0.2) is 16.6 Å². The summed E-state index contributed by atoms with van der Waals surface area (Å²) in [5.41, 5.74) is 0.477. The van der Waals surface area contributed by atoms with Crippen molar-refractivity contribution in [1.82, 2.24) is 0 Å². The van der Waals surface area contributed by atoms with Gasteiger partial charge in [-0.05, 0) is 25.5 Å². The first-order chi connectivity index (χ1) is 5.89. The van der Waals surface area contributed by atoms with Crippen LogP contribution in [0.5, 0.6) is 0 Å². The molecule has 0 fully saturated rings. The Morgan fingerprint density at radius 2 is 1.92 bits per heavy atom. The molecule has 0 saturated carbocycles. The molecule has 0 heterocycles. The molecule has 0 atom stereocenters. The third kappa shape index (κ3) is 4.61. The molecule has 2 nitrogen and oxygen atoms in total. The molecule has 0 amide bonds. The Morgan fingerprint density at radius 1 is 1.38 bits per heavy atom. The van der Waals surface area contributed by atoms with Crippen LogP contribution >= 0.6 is 0 Å². The normalized spacial score (nSPS) is 13.8. The van der Waals surface area contributed by atoms with Gasteiger partial charge in [0.1, 0.15) is 0 Å². The second-order valence-corrected chi connectivity index (χ2v) is 4.08. The van der Waals surface area contributed by atoms with Crippen LogP contribution in [-0.4, -0.2) is 18.5 Å². The summed E-state index contributed by atoms with van der Waals surface area (Å²) in [6, 6.07) is 0. The van der Waals surface area contributed by atoms with Crippen molar-refractivity contribution < 1.29 is 4.79 Å². The smallest absolute Gasteiger partial charge is 0.163 e. The molecule has 0 aromatic rings. The molecule has 0 aliphatic rings. The standard InChI is InChI=1S/C11H19NO/c1-6-12-8-7-9(2)10(13)11(3,4)5/h7-8H,6H2,1-5H3/b9-7+,12-8?. The number of hydrogen-bond donors (Lipinski definition) is 0. The van der Waals surface area contributed by atoms with Crippen molar-refractivity contribution in [1.29, 1.82) is 0 Å². The first-order valence-electron chi connectivity index (χ1n) is 4.61. The minimum atomic E-state index is -0.291. The Bertz CT molecular complexity index is 231. The Kier molecular flexibility index (Phi) is 4.60. The van der Waals surface area contributed by atoms with E-state index in [0.29, 0.717) is 0 Å². The van der Waals surface area contributed by atoms with Gasteiger partial charge in [0.2, 0.25) is 0 Å². The van der Waals surface area contributed by atoms with Gasteiger partial charge in [0.05, 0.1) is 0 Å². The summed E-state index contributed by atoms with van der Waals surface area (Å²) in [5, 5.41) is 0. The summed E-state index contributed by atoms with van der Waals surface area (Å²) in [6.45, 7) is 10.3. The fraction of sp³-hybridized carbons (Fsp3) is 0.636. The van der Waals surface area contributed by atoms with Crippen LogP contribution in [0.4, 0.5) is 0 Å². The minimum Gasteiger partial charge on any atom is -0.294 e. The van der Waals surface area contributed by atoms with Gasteiger partial charge in [-0.25, -0.2) is 0 Å². The molecule has 13 heavy (non-hydrogen) atoms. The van der Waals surface area contributed by atoms with E-state index < -0.39 is 0 Å². The number of aliphatic imine (C=N–C) groups is 1. The first-order valence-corrected chi connectivity index (χ1v) is 4.61. The topological polar surface area (TPSA) is 29.4 Å². The molecule has 0 radical (unpaired) electrons. The van der Waals surface area contributed by atoms with E-state index in [1.807, 2.05) is 34.6 Å². The summed E-state index contributed by atoms with van der Waals surface area (Å²) in [6.07, 6.45) is 3.47. The lowest BCUT2D eigenvalue weighted by Gasteiger charge is -2.16. The van der Waals surface area contributed by atoms with Gasteiger partial charge in [-0.1, -0.05) is 20.8 Å². The molecule has 0 rings (SSSR count). The van der Waals surface area contributed by atoms with Gasteiger partial charge in [-0.15, -0.1) is 0 Å². The third-order valence-electron chi connectivity index (χ3n) is 1.65. The Labute approximate surface area is 80.8 Å². The molecule has 0 saturated heterocycles. The monoisotopic (exact) mass is 181 g/mol.